The Kier molecular flexibility index (Phi) is 4.00. The quantitative estimate of drug-likeness (QED) is 0.886. The van der Waals surface area contributed by atoms with E-state index in [1.165, 1.54) is 37.0 Å². The molecule has 0 bridgehead atoms. The van der Waals surface area contributed by atoms with Crippen LogP contribution in [0, 0.1) is 0 Å². The first kappa shape index (κ1) is 14.1. The molecule has 100 valence electrons. The van der Waals surface area contributed by atoms with Crippen LogP contribution in [0.1, 0.15) is 19.6 Å². The van der Waals surface area contributed by atoms with Crippen LogP contribution in [0.25, 0.3) is 0 Å². The van der Waals surface area contributed by atoms with Gasteiger partial charge in [-0.05, 0) is 26.0 Å². The molecule has 6 heteroatoms. The third kappa shape index (κ3) is 2.82. The summed E-state index contributed by atoms with van der Waals surface area (Å²) in [6.07, 6.45) is 1.53. The van der Waals surface area contributed by atoms with Crippen molar-refractivity contribution in [1.29, 1.82) is 0 Å². The largest absolute Gasteiger partial charge is 0.480 e. The number of nitrogens with zero attached hydrogens (tertiary/aromatic N) is 2. The predicted octanol–water partition coefficient (Wildman–Crippen LogP) is 1.63. The van der Waals surface area contributed by atoms with E-state index in [0.29, 0.717) is 12.3 Å². The van der Waals surface area contributed by atoms with E-state index < -0.39 is 11.5 Å². The molecule has 0 aliphatic heterocycles. The number of likely N-dealkylation sites (N-methyl/N-ethyl adjacent to an activating group) is 1. The maximum absolute atomic E-state index is 12.1. The van der Waals surface area contributed by atoms with E-state index in [9.17, 15) is 9.59 Å². The second kappa shape index (κ2) is 5.12. The zero-order valence-corrected chi connectivity index (χ0v) is 11.0. The minimum absolute atomic E-state index is 0.297. The van der Waals surface area contributed by atoms with Gasteiger partial charge in [0, 0.05) is 14.1 Å². The van der Waals surface area contributed by atoms with Crippen LogP contribution < -0.4 is 0 Å². The minimum atomic E-state index is -1.26. The van der Waals surface area contributed by atoms with Crippen molar-refractivity contribution in [3.05, 3.63) is 24.2 Å². The number of carbonyl (C=O) groups is 2. The number of rotatable bonds is 4. The first-order valence-corrected chi connectivity index (χ1v) is 5.51. The molecular formula is C12H18N2O4. The summed E-state index contributed by atoms with van der Waals surface area (Å²) in [7, 11) is 3.06. The number of carboxylic acid groups (broad SMARTS) is 1. The van der Waals surface area contributed by atoms with Gasteiger partial charge in [-0.25, -0.2) is 9.59 Å². The molecule has 1 aromatic rings. The molecule has 0 spiro atoms. The predicted molar refractivity (Wildman–Crippen MR) is 65.0 cm³/mol. The molecule has 1 N–H and O–H groups in total. The van der Waals surface area contributed by atoms with Crippen molar-refractivity contribution in [2.45, 2.75) is 25.9 Å². The van der Waals surface area contributed by atoms with Gasteiger partial charge in [0.25, 0.3) is 0 Å². The van der Waals surface area contributed by atoms with Gasteiger partial charge in [0.05, 0.1) is 12.8 Å². The van der Waals surface area contributed by atoms with Crippen LogP contribution in [-0.4, -0.2) is 46.5 Å². The first-order chi connectivity index (χ1) is 8.26. The molecule has 6 nitrogen and oxygen atoms in total. The van der Waals surface area contributed by atoms with Gasteiger partial charge in [-0.1, -0.05) is 0 Å². The van der Waals surface area contributed by atoms with E-state index in [4.69, 9.17) is 9.52 Å². The highest BCUT2D eigenvalue weighted by Gasteiger charge is 2.36. The molecule has 0 unspecified atom stereocenters. The molecule has 0 aliphatic carbocycles. The monoisotopic (exact) mass is 254 g/mol. The molecule has 0 aliphatic rings. The van der Waals surface area contributed by atoms with Gasteiger partial charge in [0.15, 0.2) is 0 Å². The highest BCUT2D eigenvalue weighted by atomic mass is 16.4. The lowest BCUT2D eigenvalue weighted by Crippen LogP contribution is -2.54. The lowest BCUT2D eigenvalue weighted by Gasteiger charge is -2.34. The Morgan fingerprint density at radius 2 is 2.00 bits per heavy atom. The first-order valence-electron chi connectivity index (χ1n) is 5.51. The van der Waals surface area contributed by atoms with Crippen LogP contribution in [0.4, 0.5) is 4.79 Å². The van der Waals surface area contributed by atoms with Crippen molar-refractivity contribution in [3.8, 4) is 0 Å². The van der Waals surface area contributed by atoms with Crippen LogP contribution in [0.2, 0.25) is 0 Å². The third-order valence-electron chi connectivity index (χ3n) is 2.95. The minimum Gasteiger partial charge on any atom is -0.480 e. The standard InChI is InChI=1S/C12H18N2O4/c1-12(2,10(15)16)14(4)11(17)13(3)8-9-6-5-7-18-9/h5-7H,8H2,1-4H3,(H,15,16). The van der Waals surface area contributed by atoms with Crippen molar-refractivity contribution in [2.24, 2.45) is 0 Å². The van der Waals surface area contributed by atoms with E-state index >= 15 is 0 Å². The van der Waals surface area contributed by atoms with E-state index in [0.717, 1.165) is 0 Å². The zero-order chi connectivity index (χ0) is 13.9. The lowest BCUT2D eigenvalue weighted by molar-refractivity contribution is -0.147. The number of urea groups is 1. The molecular weight excluding hydrogens is 236 g/mol. The Morgan fingerprint density at radius 3 is 2.44 bits per heavy atom. The molecule has 0 radical (unpaired) electrons. The molecule has 0 saturated carbocycles. The Hall–Kier alpha value is -1.98. The summed E-state index contributed by atoms with van der Waals surface area (Å²) in [5.41, 5.74) is -1.26. The molecule has 0 fully saturated rings. The van der Waals surface area contributed by atoms with Gasteiger partial charge < -0.3 is 19.3 Å². The number of carboxylic acids is 1. The Morgan fingerprint density at radius 1 is 1.39 bits per heavy atom. The maximum atomic E-state index is 12.1. The van der Waals surface area contributed by atoms with Crippen LogP contribution in [0.3, 0.4) is 0 Å². The molecule has 1 heterocycles. The van der Waals surface area contributed by atoms with E-state index in [-0.39, 0.29) is 6.03 Å². The van der Waals surface area contributed by atoms with Crippen molar-refractivity contribution >= 4 is 12.0 Å². The Bertz CT molecular complexity index is 425. The smallest absolute Gasteiger partial charge is 0.329 e. The van der Waals surface area contributed by atoms with E-state index in [2.05, 4.69) is 0 Å². The zero-order valence-electron chi connectivity index (χ0n) is 11.0. The summed E-state index contributed by atoms with van der Waals surface area (Å²) < 4.78 is 5.14. The fourth-order valence-electron chi connectivity index (χ4n) is 1.34. The normalized spacial score (nSPS) is 11.1. The van der Waals surface area contributed by atoms with Gasteiger partial charge in [0.1, 0.15) is 11.3 Å². The summed E-state index contributed by atoms with van der Waals surface area (Å²) in [5.74, 6) is -0.405. The third-order valence-corrected chi connectivity index (χ3v) is 2.95. The van der Waals surface area contributed by atoms with Crippen LogP contribution >= 0.6 is 0 Å². The van der Waals surface area contributed by atoms with Crippen molar-refractivity contribution < 1.29 is 19.1 Å². The molecule has 1 rings (SSSR count). The SMILES string of the molecule is CN(Cc1ccco1)C(=O)N(C)C(C)(C)C(=O)O. The second-order valence-corrected chi connectivity index (χ2v) is 4.64. The van der Waals surface area contributed by atoms with Gasteiger partial charge in [-0.2, -0.15) is 0 Å². The highest BCUT2D eigenvalue weighted by molar-refractivity contribution is 5.85. The molecule has 2 amide bonds. The molecule has 18 heavy (non-hydrogen) atoms. The van der Waals surface area contributed by atoms with Gasteiger partial charge in [-0.15, -0.1) is 0 Å². The van der Waals surface area contributed by atoms with E-state index in [1.54, 1.807) is 19.2 Å². The number of carbonyl (C=O) groups excluding carboxylic acids is 1. The van der Waals surface area contributed by atoms with Crippen molar-refractivity contribution in [2.75, 3.05) is 14.1 Å². The highest BCUT2D eigenvalue weighted by Crippen LogP contribution is 2.15. The molecule has 0 aromatic carbocycles. The van der Waals surface area contributed by atoms with E-state index in [1.807, 2.05) is 0 Å². The fraction of sp³-hybridized carbons (Fsp3) is 0.500. The number of hydrogen-bond donors (Lipinski definition) is 1. The summed E-state index contributed by atoms with van der Waals surface area (Å²) in [6.45, 7) is 3.26. The van der Waals surface area contributed by atoms with Crippen LogP contribution in [-0.2, 0) is 11.3 Å². The number of aliphatic carboxylic acids is 1. The second-order valence-electron chi connectivity index (χ2n) is 4.64. The van der Waals surface area contributed by atoms with Crippen molar-refractivity contribution in [3.63, 3.8) is 0 Å². The Labute approximate surface area is 106 Å². The topological polar surface area (TPSA) is 74.0 Å². The lowest BCUT2D eigenvalue weighted by atomic mass is 10.0. The fourth-order valence-corrected chi connectivity index (χ4v) is 1.34. The van der Waals surface area contributed by atoms with Crippen LogP contribution in [0.15, 0.2) is 22.8 Å². The number of amides is 2. The van der Waals surface area contributed by atoms with Gasteiger partial charge >= 0.3 is 12.0 Å². The number of hydrogen-bond acceptors (Lipinski definition) is 3. The number of furan rings is 1. The summed E-state index contributed by atoms with van der Waals surface area (Å²) >= 11 is 0. The van der Waals surface area contributed by atoms with Gasteiger partial charge in [0.2, 0.25) is 0 Å². The average Bonchev–Trinajstić information content (AvgIpc) is 2.79. The molecule has 0 saturated heterocycles. The maximum Gasteiger partial charge on any atom is 0.329 e. The van der Waals surface area contributed by atoms with Crippen molar-refractivity contribution in [1.82, 2.24) is 9.80 Å². The summed E-state index contributed by atoms with van der Waals surface area (Å²) in [5, 5.41) is 9.07. The van der Waals surface area contributed by atoms with Crippen LogP contribution in [0.5, 0.6) is 0 Å². The Balaban J connectivity index is 2.72. The average molecular weight is 254 g/mol. The molecule has 1 aromatic heterocycles. The summed E-state index contributed by atoms with van der Waals surface area (Å²) in [6, 6.07) is 3.11. The van der Waals surface area contributed by atoms with Gasteiger partial charge in [-0.3, -0.25) is 0 Å². The molecule has 0 atom stereocenters. The summed E-state index contributed by atoms with van der Waals surface area (Å²) in [4.78, 5) is 25.7.